The fourth-order valence-electron chi connectivity index (χ4n) is 6.28. The molecule has 1 saturated heterocycles. The van der Waals surface area contributed by atoms with Crippen LogP contribution in [0.15, 0.2) is 53.6 Å². The number of allylic oxidation sites excluding steroid dienone is 4. The Morgan fingerprint density at radius 3 is 2.71 bits per heavy atom. The van der Waals surface area contributed by atoms with Crippen molar-refractivity contribution >= 4 is 40.7 Å². The van der Waals surface area contributed by atoms with Gasteiger partial charge in [-0.25, -0.2) is 4.39 Å². The molecule has 3 aliphatic rings. The maximum Gasteiger partial charge on any atom is 0.238 e. The topological polar surface area (TPSA) is 90.5 Å². The van der Waals surface area contributed by atoms with E-state index in [2.05, 4.69) is 43.3 Å². The predicted molar refractivity (Wildman–Crippen MR) is 150 cm³/mol. The zero-order valence-corrected chi connectivity index (χ0v) is 23.5. The zero-order chi connectivity index (χ0) is 27.8. The fourth-order valence-corrected chi connectivity index (χ4v) is 6.52. The molecule has 1 saturated carbocycles. The smallest absolute Gasteiger partial charge is 0.238 e. The van der Waals surface area contributed by atoms with Crippen LogP contribution >= 0.6 is 23.2 Å². The van der Waals surface area contributed by atoms with Gasteiger partial charge in [0.05, 0.1) is 12.1 Å². The van der Waals surface area contributed by atoms with Gasteiger partial charge < -0.3 is 21.1 Å². The van der Waals surface area contributed by atoms with Gasteiger partial charge in [0.15, 0.2) is 0 Å². The van der Waals surface area contributed by atoms with Crippen LogP contribution in [0, 0.1) is 11.3 Å². The van der Waals surface area contributed by atoms with E-state index in [1.165, 1.54) is 6.08 Å². The lowest BCUT2D eigenvalue weighted by molar-refractivity contribution is -0.125. The molecular weight excluding hydrogens is 528 g/mol. The summed E-state index contributed by atoms with van der Waals surface area (Å²) in [4.78, 5) is 27.9. The van der Waals surface area contributed by atoms with E-state index in [9.17, 15) is 19.1 Å². The minimum absolute atomic E-state index is 0.0339. The van der Waals surface area contributed by atoms with Crippen LogP contribution in [0.2, 0.25) is 5.02 Å². The van der Waals surface area contributed by atoms with Gasteiger partial charge in [0.2, 0.25) is 11.8 Å². The summed E-state index contributed by atoms with van der Waals surface area (Å²) in [6.45, 7) is 9.78. The third-order valence-corrected chi connectivity index (χ3v) is 8.23. The molecule has 0 bridgehead atoms. The maximum absolute atomic E-state index is 14.1. The van der Waals surface area contributed by atoms with Crippen LogP contribution in [0.4, 0.5) is 10.1 Å². The predicted octanol–water partition coefficient (Wildman–Crippen LogP) is 5.16. The number of aliphatic hydroxyl groups excluding tert-OH is 1. The van der Waals surface area contributed by atoms with Crippen LogP contribution in [-0.4, -0.2) is 47.8 Å². The molecule has 1 aromatic carbocycles. The minimum Gasteiger partial charge on any atom is -0.393 e. The molecule has 1 aliphatic carbocycles. The molecule has 4 N–H and O–H groups in total. The number of benzene rings is 1. The highest BCUT2D eigenvalue weighted by molar-refractivity contribution is 6.31. The van der Waals surface area contributed by atoms with Crippen molar-refractivity contribution in [3.05, 3.63) is 64.2 Å². The summed E-state index contributed by atoms with van der Waals surface area (Å²) in [5.74, 6) is -1.12. The number of hydrogen-bond acceptors (Lipinski definition) is 4. The van der Waals surface area contributed by atoms with Gasteiger partial charge in [0.1, 0.15) is 12.1 Å². The van der Waals surface area contributed by atoms with Crippen molar-refractivity contribution in [1.29, 1.82) is 0 Å². The van der Waals surface area contributed by atoms with Gasteiger partial charge in [-0.3, -0.25) is 9.59 Å². The SMILES string of the molecule is C=C(/C=C\C=C(\Cl)CF)[C@H]1[C@H](C(=O)N[C@H]2CC[C@@H](O)C2)N[C@H](CC(C)(C)C)[C@]12C(=O)Nc1cc(Cl)ccc12. The molecule has 2 aliphatic heterocycles. The highest BCUT2D eigenvalue weighted by Gasteiger charge is 2.65. The lowest BCUT2D eigenvalue weighted by Gasteiger charge is -2.37. The summed E-state index contributed by atoms with van der Waals surface area (Å²) in [5.41, 5.74) is 0.611. The molecule has 206 valence electrons. The van der Waals surface area contributed by atoms with E-state index in [-0.39, 0.29) is 28.3 Å². The first kappa shape index (κ1) is 28.8. The molecule has 2 amide bonds. The van der Waals surface area contributed by atoms with E-state index in [4.69, 9.17) is 23.2 Å². The molecule has 0 unspecified atom stereocenters. The first-order valence-electron chi connectivity index (χ1n) is 13.0. The third kappa shape index (κ3) is 5.57. The van der Waals surface area contributed by atoms with Crippen LogP contribution < -0.4 is 16.0 Å². The number of amides is 2. The van der Waals surface area contributed by atoms with Crippen molar-refractivity contribution < 1.29 is 19.1 Å². The van der Waals surface area contributed by atoms with Crippen LogP contribution in [0.5, 0.6) is 0 Å². The Morgan fingerprint density at radius 2 is 2.08 bits per heavy atom. The lowest BCUT2D eigenvalue weighted by Crippen LogP contribution is -2.51. The van der Waals surface area contributed by atoms with Gasteiger partial charge in [-0.15, -0.1) is 0 Å². The Kier molecular flexibility index (Phi) is 8.43. The molecule has 1 aromatic rings. The highest BCUT2D eigenvalue weighted by Crippen LogP contribution is 2.55. The first-order chi connectivity index (χ1) is 17.9. The standard InChI is InChI=1S/C29H36Cl2FN3O3/c1-16(6-5-7-18(31)15-32)24-25(26(37)33-19-9-10-20(36)13-19)35-23(14-28(2,3)4)29(24)21-11-8-17(30)12-22(21)34-27(29)38/h5-8,11-12,19-20,23-25,35-36H,1,9-10,13-15H2,2-4H3,(H,33,37)(H,34,38)/b6-5-,18-7+/t19-,20+,23+,24-,25+,29-/m0/s1. The zero-order valence-electron chi connectivity index (χ0n) is 22.0. The Bertz CT molecular complexity index is 1180. The van der Waals surface area contributed by atoms with E-state index in [0.29, 0.717) is 42.0 Å². The summed E-state index contributed by atoms with van der Waals surface area (Å²) >= 11 is 12.1. The minimum atomic E-state index is -1.14. The largest absolute Gasteiger partial charge is 0.393 e. The van der Waals surface area contributed by atoms with Crippen molar-refractivity contribution in [3.8, 4) is 0 Å². The van der Waals surface area contributed by atoms with Crippen molar-refractivity contribution in [3.63, 3.8) is 0 Å². The molecule has 6 atom stereocenters. The molecule has 2 heterocycles. The number of alkyl halides is 1. The van der Waals surface area contributed by atoms with E-state index < -0.39 is 36.2 Å². The van der Waals surface area contributed by atoms with Gasteiger partial charge in [-0.05, 0) is 60.4 Å². The van der Waals surface area contributed by atoms with Gasteiger partial charge in [-0.1, -0.05) is 68.8 Å². The summed E-state index contributed by atoms with van der Waals surface area (Å²) in [7, 11) is 0. The van der Waals surface area contributed by atoms with Crippen molar-refractivity contribution in [2.75, 3.05) is 12.0 Å². The number of fused-ring (bicyclic) bond motifs is 2. The van der Waals surface area contributed by atoms with Gasteiger partial charge in [-0.2, -0.15) is 0 Å². The van der Waals surface area contributed by atoms with Crippen LogP contribution in [0.25, 0.3) is 0 Å². The molecule has 9 heteroatoms. The van der Waals surface area contributed by atoms with Gasteiger partial charge in [0.25, 0.3) is 0 Å². The number of carbonyl (C=O) groups excluding carboxylic acids is 2. The summed E-state index contributed by atoms with van der Waals surface area (Å²) in [5, 5.41) is 20.2. The number of nitrogens with one attached hydrogen (secondary N) is 3. The third-order valence-electron chi connectivity index (χ3n) is 7.77. The maximum atomic E-state index is 14.1. The Hall–Kier alpha value is -2.19. The number of aliphatic hydroxyl groups is 1. The Labute approximate surface area is 233 Å². The van der Waals surface area contributed by atoms with E-state index in [1.54, 1.807) is 24.3 Å². The molecule has 6 nitrogen and oxygen atoms in total. The summed E-state index contributed by atoms with van der Waals surface area (Å²) in [6.07, 6.45) is 6.71. The molecule has 38 heavy (non-hydrogen) atoms. The average Bonchev–Trinajstić information content (AvgIpc) is 3.47. The van der Waals surface area contributed by atoms with Crippen LogP contribution in [-0.2, 0) is 15.0 Å². The van der Waals surface area contributed by atoms with Gasteiger partial charge in [0, 0.05) is 33.7 Å². The van der Waals surface area contributed by atoms with Crippen molar-refractivity contribution in [2.45, 2.75) is 76.1 Å². The Balaban J connectivity index is 1.83. The summed E-state index contributed by atoms with van der Waals surface area (Å²) < 4.78 is 12.9. The quantitative estimate of drug-likeness (QED) is 0.345. The second-order valence-corrected chi connectivity index (χ2v) is 12.7. The molecule has 0 aromatic heterocycles. The fraction of sp³-hybridized carbons (Fsp3) is 0.517. The number of halogens is 3. The molecule has 4 rings (SSSR count). The van der Waals surface area contributed by atoms with Crippen LogP contribution in [0.3, 0.4) is 0 Å². The second-order valence-electron chi connectivity index (χ2n) is 11.8. The normalized spacial score (nSPS) is 31.2. The molecular formula is C29H36Cl2FN3O3. The molecule has 1 spiro atoms. The van der Waals surface area contributed by atoms with Crippen molar-refractivity contribution in [1.82, 2.24) is 10.6 Å². The van der Waals surface area contributed by atoms with E-state index >= 15 is 0 Å². The van der Waals surface area contributed by atoms with E-state index in [0.717, 1.165) is 5.56 Å². The van der Waals surface area contributed by atoms with Gasteiger partial charge >= 0.3 is 0 Å². The average molecular weight is 565 g/mol. The monoisotopic (exact) mass is 563 g/mol. The lowest BCUT2D eigenvalue weighted by atomic mass is 9.62. The second kappa shape index (κ2) is 11.1. The highest BCUT2D eigenvalue weighted by atomic mass is 35.5. The molecule has 2 fully saturated rings. The first-order valence-corrected chi connectivity index (χ1v) is 13.8. The number of rotatable bonds is 7. The summed E-state index contributed by atoms with van der Waals surface area (Å²) in [6, 6.07) is 4.02. The van der Waals surface area contributed by atoms with E-state index in [1.807, 2.05) is 6.07 Å². The number of carbonyl (C=O) groups is 2. The number of hydrogen-bond donors (Lipinski definition) is 4. The van der Waals surface area contributed by atoms with Crippen molar-refractivity contribution in [2.24, 2.45) is 11.3 Å². The molecule has 0 radical (unpaired) electrons. The number of anilines is 1. The van der Waals surface area contributed by atoms with Crippen LogP contribution in [0.1, 0.15) is 52.0 Å². The Morgan fingerprint density at radius 1 is 1.34 bits per heavy atom.